The van der Waals surface area contributed by atoms with Gasteiger partial charge in [0.05, 0.1) is 5.41 Å². The molecule has 0 fully saturated rings. The van der Waals surface area contributed by atoms with Gasteiger partial charge in [-0.25, -0.2) is 15.0 Å². The summed E-state index contributed by atoms with van der Waals surface area (Å²) >= 11 is 0. The van der Waals surface area contributed by atoms with E-state index < -0.39 is 5.41 Å². The summed E-state index contributed by atoms with van der Waals surface area (Å²) in [6.07, 6.45) is 9.19. The van der Waals surface area contributed by atoms with E-state index in [2.05, 4.69) is 200 Å². The third-order valence-electron chi connectivity index (χ3n) is 11.3. The summed E-state index contributed by atoms with van der Waals surface area (Å²) in [4.78, 5) is 15.7. The van der Waals surface area contributed by atoms with Gasteiger partial charge in [-0.1, -0.05) is 194 Å². The molecule has 3 heteroatoms. The van der Waals surface area contributed by atoms with Crippen LogP contribution in [0.1, 0.15) is 28.2 Å². The number of fused-ring (bicyclic) bond motifs is 3. The minimum atomic E-state index is -0.410. The van der Waals surface area contributed by atoms with Crippen molar-refractivity contribution in [3.8, 4) is 56.4 Å². The summed E-state index contributed by atoms with van der Waals surface area (Å²) in [5, 5.41) is 0. The molecule has 0 spiro atoms. The maximum Gasteiger partial charge on any atom is 0.164 e. The lowest BCUT2D eigenvalue weighted by molar-refractivity contribution is 0.457. The average molecular weight is 704 g/mol. The molecule has 0 bridgehead atoms. The van der Waals surface area contributed by atoms with Gasteiger partial charge < -0.3 is 0 Å². The Hall–Kier alpha value is -6.97. The van der Waals surface area contributed by atoms with E-state index in [-0.39, 0.29) is 11.8 Å². The molecular weight excluding hydrogens is 667 g/mol. The first-order chi connectivity index (χ1) is 27.3. The molecule has 1 heterocycles. The SMILES string of the molecule is C1=CC2c3ccc(-c4nc(-c5cccc(-c6ccccc6)c5)nc(-c5cccc(-c6ccccc6)c5)n4)cc3C(c3ccccc3)(c3ccccc3)C2C=C1. The second-order valence-corrected chi connectivity index (χ2v) is 14.4. The van der Waals surface area contributed by atoms with E-state index in [1.165, 1.54) is 22.3 Å². The quantitative estimate of drug-likeness (QED) is 0.166. The van der Waals surface area contributed by atoms with Crippen LogP contribution in [0, 0.1) is 5.92 Å². The van der Waals surface area contributed by atoms with Crippen LogP contribution < -0.4 is 0 Å². The van der Waals surface area contributed by atoms with Gasteiger partial charge >= 0.3 is 0 Å². The highest BCUT2D eigenvalue weighted by molar-refractivity contribution is 5.76. The van der Waals surface area contributed by atoms with Crippen molar-refractivity contribution >= 4 is 0 Å². The molecule has 0 N–H and O–H groups in total. The van der Waals surface area contributed by atoms with Crippen LogP contribution in [-0.2, 0) is 5.41 Å². The Morgan fingerprint density at radius 2 is 0.764 bits per heavy atom. The Morgan fingerprint density at radius 1 is 0.345 bits per heavy atom. The largest absolute Gasteiger partial charge is 0.208 e. The topological polar surface area (TPSA) is 38.7 Å². The van der Waals surface area contributed by atoms with E-state index in [1.54, 1.807) is 0 Å². The fraction of sp³-hybridized carbons (Fsp3) is 0.0577. The zero-order valence-corrected chi connectivity index (χ0v) is 30.2. The Morgan fingerprint density at radius 3 is 1.27 bits per heavy atom. The van der Waals surface area contributed by atoms with Crippen LogP contribution in [0.4, 0.5) is 0 Å². The molecule has 0 saturated carbocycles. The van der Waals surface area contributed by atoms with Crippen molar-refractivity contribution in [2.75, 3.05) is 0 Å². The van der Waals surface area contributed by atoms with Crippen LogP contribution in [0.2, 0.25) is 0 Å². The number of nitrogens with zero attached hydrogens (tertiary/aromatic N) is 3. The van der Waals surface area contributed by atoms with Crippen molar-refractivity contribution in [2.45, 2.75) is 11.3 Å². The Kier molecular flexibility index (Phi) is 8.18. The predicted molar refractivity (Wildman–Crippen MR) is 224 cm³/mol. The van der Waals surface area contributed by atoms with Gasteiger partial charge in [-0.3, -0.25) is 0 Å². The molecule has 10 rings (SSSR count). The third-order valence-corrected chi connectivity index (χ3v) is 11.3. The molecule has 2 aliphatic carbocycles. The molecule has 0 aliphatic heterocycles. The lowest BCUT2D eigenvalue weighted by Crippen LogP contribution is -2.35. The molecule has 2 atom stereocenters. The molecule has 260 valence electrons. The molecule has 1 aromatic heterocycles. The Balaban J connectivity index is 1.19. The second kappa shape index (κ2) is 13.8. The summed E-state index contributed by atoms with van der Waals surface area (Å²) < 4.78 is 0. The van der Waals surface area contributed by atoms with E-state index in [9.17, 15) is 0 Å². The summed E-state index contributed by atoms with van der Waals surface area (Å²) in [5.41, 5.74) is 12.1. The molecule has 7 aromatic carbocycles. The Labute approximate surface area is 322 Å². The monoisotopic (exact) mass is 703 g/mol. The van der Waals surface area contributed by atoms with Gasteiger partial charge in [0.25, 0.3) is 0 Å². The molecule has 0 amide bonds. The van der Waals surface area contributed by atoms with Gasteiger partial charge in [-0.2, -0.15) is 0 Å². The van der Waals surface area contributed by atoms with Gasteiger partial charge in [-0.05, 0) is 62.7 Å². The highest BCUT2D eigenvalue weighted by atomic mass is 15.0. The van der Waals surface area contributed by atoms with Crippen LogP contribution in [0.25, 0.3) is 56.4 Å². The fourth-order valence-corrected chi connectivity index (χ4v) is 8.79. The van der Waals surface area contributed by atoms with Crippen molar-refractivity contribution in [3.05, 3.63) is 235 Å². The average Bonchev–Trinajstić information content (AvgIpc) is 3.58. The molecule has 8 aromatic rings. The Bertz CT molecular complexity index is 2560. The normalized spacial score (nSPS) is 16.4. The highest BCUT2D eigenvalue weighted by Gasteiger charge is 2.53. The summed E-state index contributed by atoms with van der Waals surface area (Å²) in [5.74, 6) is 2.37. The first-order valence-electron chi connectivity index (χ1n) is 18.9. The molecule has 2 aliphatic rings. The minimum Gasteiger partial charge on any atom is -0.208 e. The third kappa shape index (κ3) is 5.73. The number of aromatic nitrogens is 3. The first-order valence-corrected chi connectivity index (χ1v) is 18.9. The van der Waals surface area contributed by atoms with Gasteiger partial charge in [0, 0.05) is 28.5 Å². The van der Waals surface area contributed by atoms with E-state index in [4.69, 9.17) is 15.0 Å². The van der Waals surface area contributed by atoms with E-state index in [1.807, 2.05) is 12.1 Å². The van der Waals surface area contributed by atoms with E-state index in [0.29, 0.717) is 17.5 Å². The number of hydrogen-bond donors (Lipinski definition) is 0. The molecule has 2 unspecified atom stereocenters. The number of rotatable bonds is 7. The van der Waals surface area contributed by atoms with Crippen LogP contribution in [-0.4, -0.2) is 15.0 Å². The van der Waals surface area contributed by atoms with Gasteiger partial charge in [0.2, 0.25) is 0 Å². The standard InChI is InChI=1S/C52H37N3/c1-5-17-36(18-6-1)38-21-15-23-40(33-38)49-53-50(41-24-16-22-39(34-41)37-19-7-2-8-20-37)55-51(54-49)42-31-32-46-45-29-13-14-30-47(45)52(48(46)35-42,43-25-9-3-10-26-43)44-27-11-4-12-28-44/h1-35,45,47H. The summed E-state index contributed by atoms with van der Waals surface area (Å²) in [6, 6.07) is 66.8. The molecular formula is C52H37N3. The zero-order chi connectivity index (χ0) is 36.6. The van der Waals surface area contributed by atoms with E-state index >= 15 is 0 Å². The van der Waals surface area contributed by atoms with Crippen molar-refractivity contribution in [3.63, 3.8) is 0 Å². The lowest BCUT2D eigenvalue weighted by atomic mass is 9.63. The predicted octanol–water partition coefficient (Wildman–Crippen LogP) is 12.4. The molecule has 0 radical (unpaired) electrons. The second-order valence-electron chi connectivity index (χ2n) is 14.4. The van der Waals surface area contributed by atoms with Crippen LogP contribution >= 0.6 is 0 Å². The fourth-order valence-electron chi connectivity index (χ4n) is 8.79. The van der Waals surface area contributed by atoms with E-state index in [0.717, 1.165) is 38.9 Å². The summed E-state index contributed by atoms with van der Waals surface area (Å²) in [7, 11) is 0. The van der Waals surface area contributed by atoms with Gasteiger partial charge in [0.1, 0.15) is 0 Å². The maximum absolute atomic E-state index is 5.27. The van der Waals surface area contributed by atoms with Crippen LogP contribution in [0.3, 0.4) is 0 Å². The highest BCUT2D eigenvalue weighted by Crippen LogP contribution is 2.59. The molecule has 55 heavy (non-hydrogen) atoms. The summed E-state index contributed by atoms with van der Waals surface area (Å²) in [6.45, 7) is 0. The smallest absolute Gasteiger partial charge is 0.164 e. The number of benzene rings is 7. The lowest BCUT2D eigenvalue weighted by Gasteiger charge is -2.38. The van der Waals surface area contributed by atoms with Crippen molar-refractivity contribution in [1.29, 1.82) is 0 Å². The minimum absolute atomic E-state index is 0.207. The molecule has 0 saturated heterocycles. The van der Waals surface area contributed by atoms with Crippen LogP contribution in [0.15, 0.2) is 212 Å². The van der Waals surface area contributed by atoms with Crippen molar-refractivity contribution < 1.29 is 0 Å². The first kappa shape index (κ1) is 32.7. The number of hydrogen-bond acceptors (Lipinski definition) is 3. The molecule has 3 nitrogen and oxygen atoms in total. The van der Waals surface area contributed by atoms with Crippen LogP contribution in [0.5, 0.6) is 0 Å². The van der Waals surface area contributed by atoms with Gasteiger partial charge in [-0.15, -0.1) is 0 Å². The zero-order valence-electron chi connectivity index (χ0n) is 30.2. The van der Waals surface area contributed by atoms with Gasteiger partial charge in [0.15, 0.2) is 17.5 Å². The maximum atomic E-state index is 5.27. The van der Waals surface area contributed by atoms with Crippen molar-refractivity contribution in [2.24, 2.45) is 5.92 Å². The van der Waals surface area contributed by atoms with Crippen molar-refractivity contribution in [1.82, 2.24) is 15.0 Å². The number of allylic oxidation sites excluding steroid dienone is 4.